The number of aromatic amines is 1. The summed E-state index contributed by atoms with van der Waals surface area (Å²) in [5, 5.41) is 0.497. The Morgan fingerprint density at radius 1 is 0.875 bits per heavy atom. The van der Waals surface area contributed by atoms with Crippen LogP contribution < -0.4 is 0 Å². The molecule has 6 heteroatoms. The van der Waals surface area contributed by atoms with Crippen LogP contribution in [0.15, 0.2) is 65.8 Å². The Bertz CT molecular complexity index is 726. The molecule has 0 aliphatic carbocycles. The predicted molar refractivity (Wildman–Crippen MR) is 90.9 cm³/mol. The van der Waals surface area contributed by atoms with Gasteiger partial charge in [-0.25, -0.2) is 4.98 Å². The minimum Gasteiger partial charge on any atom is -0.332 e. The van der Waals surface area contributed by atoms with Gasteiger partial charge in [0, 0.05) is 16.9 Å². The summed E-state index contributed by atoms with van der Waals surface area (Å²) in [4.78, 5) is 7.68. The van der Waals surface area contributed by atoms with E-state index in [-0.39, 0.29) is 5.75 Å². The molecule has 0 unspecified atom stereocenters. The zero-order chi connectivity index (χ0) is 17.0. The summed E-state index contributed by atoms with van der Waals surface area (Å²) in [6, 6.07) is 19.3. The second-order valence-corrected chi connectivity index (χ2v) is 6.29. The van der Waals surface area contributed by atoms with E-state index in [4.69, 9.17) is 0 Å². The predicted octanol–water partition coefficient (Wildman–Crippen LogP) is 5.79. The Hall–Kier alpha value is -2.21. The van der Waals surface area contributed by atoms with Gasteiger partial charge >= 0.3 is 6.18 Å². The monoisotopic (exact) mass is 348 g/mol. The maximum absolute atomic E-state index is 12.3. The summed E-state index contributed by atoms with van der Waals surface area (Å²) >= 11 is 1.08. The summed E-state index contributed by atoms with van der Waals surface area (Å²) in [5.41, 5.74) is 3.44. The number of H-pyrrole nitrogens is 1. The number of nitrogens with one attached hydrogen (secondary N) is 1. The highest BCUT2D eigenvalue weighted by Gasteiger charge is 2.26. The summed E-state index contributed by atoms with van der Waals surface area (Å²) in [6.07, 6.45) is -4.98. The normalized spacial score (nSPS) is 11.6. The lowest BCUT2D eigenvalue weighted by Crippen LogP contribution is -2.08. The van der Waals surface area contributed by atoms with E-state index in [1.165, 1.54) is 0 Å². The molecular formula is C18H15F3N2S. The van der Waals surface area contributed by atoms with E-state index in [9.17, 15) is 13.2 Å². The summed E-state index contributed by atoms with van der Waals surface area (Å²) < 4.78 is 37.0. The first-order chi connectivity index (χ1) is 11.5. The first-order valence-corrected chi connectivity index (χ1v) is 8.42. The van der Waals surface area contributed by atoms with Crippen LogP contribution in [0.5, 0.6) is 0 Å². The van der Waals surface area contributed by atoms with Gasteiger partial charge in [-0.05, 0) is 0 Å². The van der Waals surface area contributed by atoms with E-state index in [1.54, 1.807) is 0 Å². The second-order valence-electron chi connectivity index (χ2n) is 5.21. The molecule has 124 valence electrons. The first-order valence-electron chi connectivity index (χ1n) is 7.43. The maximum Gasteiger partial charge on any atom is 0.389 e. The van der Waals surface area contributed by atoms with Crippen LogP contribution in [-0.2, 0) is 0 Å². The van der Waals surface area contributed by atoms with Gasteiger partial charge in [-0.3, -0.25) is 0 Å². The van der Waals surface area contributed by atoms with Crippen molar-refractivity contribution in [1.29, 1.82) is 0 Å². The summed E-state index contributed by atoms with van der Waals surface area (Å²) in [6.45, 7) is 0. The summed E-state index contributed by atoms with van der Waals surface area (Å²) in [7, 11) is 0. The number of aromatic nitrogens is 2. The lowest BCUT2D eigenvalue weighted by atomic mass is 10.1. The fraction of sp³-hybridized carbons (Fsp3) is 0.167. The van der Waals surface area contributed by atoms with Crippen molar-refractivity contribution in [2.24, 2.45) is 0 Å². The highest BCUT2D eigenvalue weighted by Crippen LogP contribution is 2.33. The van der Waals surface area contributed by atoms with Gasteiger partial charge in [-0.1, -0.05) is 72.4 Å². The molecule has 1 N–H and O–H groups in total. The number of hydrogen-bond donors (Lipinski definition) is 1. The molecule has 0 saturated heterocycles. The standard InChI is InChI=1S/C18H15F3N2S/c19-18(20,21)11-12-24-17-22-15(13-7-3-1-4-8-13)16(23-17)14-9-5-2-6-10-14/h1-10H,11-12H2,(H,22,23). The van der Waals surface area contributed by atoms with Crippen molar-refractivity contribution < 1.29 is 13.2 Å². The van der Waals surface area contributed by atoms with Gasteiger partial charge in [-0.15, -0.1) is 0 Å². The fourth-order valence-corrected chi connectivity index (χ4v) is 3.16. The molecule has 2 nitrogen and oxygen atoms in total. The molecule has 2 aromatic carbocycles. The van der Waals surface area contributed by atoms with Gasteiger partial charge in [-0.2, -0.15) is 13.2 Å². The number of thioether (sulfide) groups is 1. The van der Waals surface area contributed by atoms with Crippen LogP contribution in [0.4, 0.5) is 13.2 Å². The van der Waals surface area contributed by atoms with Gasteiger partial charge in [0.05, 0.1) is 17.8 Å². The number of halogens is 3. The van der Waals surface area contributed by atoms with E-state index in [0.29, 0.717) is 5.16 Å². The molecule has 0 radical (unpaired) electrons. The first kappa shape index (κ1) is 16.6. The van der Waals surface area contributed by atoms with Gasteiger partial charge in [0.25, 0.3) is 0 Å². The topological polar surface area (TPSA) is 28.7 Å². The minimum atomic E-state index is -4.15. The van der Waals surface area contributed by atoms with Gasteiger partial charge in [0.1, 0.15) is 0 Å². The molecule has 0 fully saturated rings. The third-order valence-corrected chi connectivity index (χ3v) is 4.29. The van der Waals surface area contributed by atoms with E-state index in [0.717, 1.165) is 34.3 Å². The Kier molecular flexibility index (Phi) is 4.94. The highest BCUT2D eigenvalue weighted by atomic mass is 32.2. The van der Waals surface area contributed by atoms with Crippen LogP contribution in [-0.4, -0.2) is 21.9 Å². The molecule has 0 amide bonds. The lowest BCUT2D eigenvalue weighted by molar-refractivity contribution is -0.129. The zero-order valence-electron chi connectivity index (χ0n) is 12.7. The Balaban J connectivity index is 1.91. The van der Waals surface area contributed by atoms with Gasteiger partial charge < -0.3 is 4.98 Å². The minimum absolute atomic E-state index is 0.0561. The summed E-state index contributed by atoms with van der Waals surface area (Å²) in [5.74, 6) is -0.0561. The van der Waals surface area contributed by atoms with E-state index in [2.05, 4.69) is 9.97 Å². The fourth-order valence-electron chi connectivity index (χ4n) is 2.30. The molecule has 0 spiro atoms. The molecule has 0 atom stereocenters. The number of rotatable bonds is 5. The zero-order valence-corrected chi connectivity index (χ0v) is 13.5. The van der Waals surface area contributed by atoms with Crippen molar-refractivity contribution in [3.63, 3.8) is 0 Å². The van der Waals surface area contributed by atoms with E-state index >= 15 is 0 Å². The molecule has 1 heterocycles. The highest BCUT2D eigenvalue weighted by molar-refractivity contribution is 7.99. The number of nitrogens with zero attached hydrogens (tertiary/aromatic N) is 1. The maximum atomic E-state index is 12.3. The van der Waals surface area contributed by atoms with Crippen LogP contribution in [0.1, 0.15) is 6.42 Å². The molecule has 0 aliphatic rings. The van der Waals surface area contributed by atoms with Crippen molar-refractivity contribution in [3.05, 3.63) is 60.7 Å². The largest absolute Gasteiger partial charge is 0.389 e. The lowest BCUT2D eigenvalue weighted by Gasteiger charge is -2.03. The SMILES string of the molecule is FC(F)(F)CCSc1nc(-c2ccccc2)c(-c2ccccc2)[nH]1. The Morgan fingerprint density at radius 3 is 2.04 bits per heavy atom. The van der Waals surface area contributed by atoms with Crippen LogP contribution in [0.3, 0.4) is 0 Å². The van der Waals surface area contributed by atoms with Crippen molar-refractivity contribution in [2.45, 2.75) is 17.8 Å². The molecule has 1 aromatic heterocycles. The van der Waals surface area contributed by atoms with Crippen molar-refractivity contribution in [1.82, 2.24) is 9.97 Å². The Labute approximate surface area is 142 Å². The molecule has 0 bridgehead atoms. The van der Waals surface area contributed by atoms with Gasteiger partial charge in [0.15, 0.2) is 5.16 Å². The van der Waals surface area contributed by atoms with E-state index in [1.807, 2.05) is 60.7 Å². The van der Waals surface area contributed by atoms with Crippen LogP contribution in [0.25, 0.3) is 22.5 Å². The Morgan fingerprint density at radius 2 is 1.46 bits per heavy atom. The van der Waals surface area contributed by atoms with Crippen LogP contribution in [0, 0.1) is 0 Å². The molecule has 3 rings (SSSR count). The quantitative estimate of drug-likeness (QED) is 0.591. The number of benzene rings is 2. The second kappa shape index (κ2) is 7.13. The molecule has 0 aliphatic heterocycles. The molecule has 0 saturated carbocycles. The smallest absolute Gasteiger partial charge is 0.332 e. The third kappa shape index (κ3) is 4.20. The number of alkyl halides is 3. The van der Waals surface area contributed by atoms with Crippen LogP contribution >= 0.6 is 11.8 Å². The number of hydrogen-bond acceptors (Lipinski definition) is 2. The molecule has 24 heavy (non-hydrogen) atoms. The average molecular weight is 348 g/mol. The van der Waals surface area contributed by atoms with E-state index < -0.39 is 12.6 Å². The van der Waals surface area contributed by atoms with Gasteiger partial charge in [0.2, 0.25) is 0 Å². The third-order valence-electron chi connectivity index (χ3n) is 3.42. The van der Waals surface area contributed by atoms with Crippen molar-refractivity contribution in [3.8, 4) is 22.5 Å². The number of imidazole rings is 1. The molecular weight excluding hydrogens is 333 g/mol. The van der Waals surface area contributed by atoms with Crippen LogP contribution in [0.2, 0.25) is 0 Å². The van der Waals surface area contributed by atoms with Crippen molar-refractivity contribution in [2.75, 3.05) is 5.75 Å². The average Bonchev–Trinajstić information content (AvgIpc) is 2.99. The molecule has 3 aromatic rings. The van der Waals surface area contributed by atoms with Crippen molar-refractivity contribution >= 4 is 11.8 Å².